The molecule has 4 aromatic heterocycles. The average Bonchev–Trinajstić information content (AvgIpc) is 3.82. The van der Waals surface area contributed by atoms with E-state index in [-0.39, 0.29) is 12.1 Å². The molecule has 0 aliphatic carbocycles. The molecular formula is C40H45N7O4S2. The van der Waals surface area contributed by atoms with Crippen molar-refractivity contribution in [2.24, 2.45) is 0 Å². The summed E-state index contributed by atoms with van der Waals surface area (Å²) in [6.45, 7) is 9.55. The van der Waals surface area contributed by atoms with Gasteiger partial charge in [-0.3, -0.25) is 9.97 Å². The predicted molar refractivity (Wildman–Crippen MR) is 213 cm³/mol. The van der Waals surface area contributed by atoms with Crippen LogP contribution >= 0.6 is 22.7 Å². The van der Waals surface area contributed by atoms with E-state index >= 15 is 0 Å². The molecular weight excluding hydrogens is 707 g/mol. The number of para-hydroxylation sites is 2. The molecule has 2 saturated heterocycles. The highest BCUT2D eigenvalue weighted by Crippen LogP contribution is 2.34. The second-order valence-corrected chi connectivity index (χ2v) is 16.1. The van der Waals surface area contributed by atoms with Crippen LogP contribution in [0.25, 0.3) is 20.4 Å². The molecule has 0 spiro atoms. The Morgan fingerprint density at radius 2 is 1.28 bits per heavy atom. The van der Waals surface area contributed by atoms with Crippen molar-refractivity contribution < 1.29 is 19.0 Å². The number of piperazine rings is 1. The summed E-state index contributed by atoms with van der Waals surface area (Å²) in [6, 6.07) is 24.4. The molecule has 2 aliphatic rings. The fraction of sp³-hybridized carbons (Fsp3) is 0.375. The molecule has 2 aliphatic heterocycles. The number of fused-ring (bicyclic) bond motifs is 2. The van der Waals surface area contributed by atoms with Crippen LogP contribution in [0.2, 0.25) is 0 Å². The number of pyridine rings is 2. The van der Waals surface area contributed by atoms with E-state index in [2.05, 4.69) is 44.0 Å². The minimum atomic E-state index is -0.525. The summed E-state index contributed by atoms with van der Waals surface area (Å²) >= 11 is 3.44. The minimum absolute atomic E-state index is 0.0490. The summed E-state index contributed by atoms with van der Waals surface area (Å²) in [5.41, 5.74) is 1.55. The molecule has 0 bridgehead atoms. The van der Waals surface area contributed by atoms with Gasteiger partial charge in [0, 0.05) is 38.6 Å². The standard InChI is InChI=1S/C22H26N4O3S.C18H19N3OS/c1-22(2,3)29-21(27)25-11-12-26(20-24-18-8-4-5-9-19(18)30-20)16(14-25)15-28-17-7-6-10-23-13-17;1-2-9-17-16(8-1)20-18(23-17)21-11-4-3-6-14(21)13-22-15-7-5-10-19-12-15/h4-10,13,16H,11-12,14-15H2,1-3H3;1-2,5,7-10,12,14H,3-4,6,11,13H2. The molecule has 2 aromatic carbocycles. The Bertz CT molecular complexity index is 2010. The fourth-order valence-corrected chi connectivity index (χ4v) is 8.51. The first-order valence-corrected chi connectivity index (χ1v) is 19.7. The summed E-state index contributed by atoms with van der Waals surface area (Å²) in [7, 11) is 0. The average molecular weight is 752 g/mol. The van der Waals surface area contributed by atoms with E-state index in [4.69, 9.17) is 24.2 Å². The van der Waals surface area contributed by atoms with Crippen molar-refractivity contribution in [2.75, 3.05) is 49.2 Å². The van der Waals surface area contributed by atoms with Crippen LogP contribution in [-0.2, 0) is 4.74 Å². The topological polar surface area (TPSA) is 106 Å². The lowest BCUT2D eigenvalue weighted by atomic mass is 10.0. The minimum Gasteiger partial charge on any atom is -0.490 e. The van der Waals surface area contributed by atoms with Crippen molar-refractivity contribution in [3.63, 3.8) is 0 Å². The molecule has 2 fully saturated rings. The van der Waals surface area contributed by atoms with Crippen molar-refractivity contribution in [2.45, 2.75) is 57.7 Å². The first-order chi connectivity index (χ1) is 25.8. The van der Waals surface area contributed by atoms with Gasteiger partial charge in [-0.2, -0.15) is 0 Å². The molecule has 0 radical (unpaired) electrons. The van der Waals surface area contributed by atoms with Gasteiger partial charge in [-0.05, 0) is 88.6 Å². The first kappa shape index (κ1) is 36.4. The second kappa shape index (κ2) is 16.8. The zero-order valence-corrected chi connectivity index (χ0v) is 32.0. The van der Waals surface area contributed by atoms with Crippen LogP contribution in [0.1, 0.15) is 40.0 Å². The Kier molecular flexibility index (Phi) is 11.5. The lowest BCUT2D eigenvalue weighted by Gasteiger charge is -2.41. The number of hydrogen-bond donors (Lipinski definition) is 0. The molecule has 6 heterocycles. The first-order valence-electron chi connectivity index (χ1n) is 18.1. The maximum absolute atomic E-state index is 12.6. The Labute approximate surface area is 318 Å². The van der Waals surface area contributed by atoms with E-state index in [1.54, 1.807) is 52.4 Å². The molecule has 276 valence electrons. The van der Waals surface area contributed by atoms with Crippen LogP contribution < -0.4 is 19.3 Å². The fourth-order valence-electron chi connectivity index (χ4n) is 6.38. The normalized spacial score (nSPS) is 17.7. The summed E-state index contributed by atoms with van der Waals surface area (Å²) in [5, 5.41) is 2.06. The molecule has 11 nitrogen and oxygen atoms in total. The van der Waals surface area contributed by atoms with Crippen molar-refractivity contribution in [1.29, 1.82) is 0 Å². The molecule has 6 aromatic rings. The van der Waals surface area contributed by atoms with Crippen molar-refractivity contribution >= 4 is 59.5 Å². The Morgan fingerprint density at radius 1 is 0.717 bits per heavy atom. The molecule has 53 heavy (non-hydrogen) atoms. The number of nitrogens with zero attached hydrogens (tertiary/aromatic N) is 7. The number of carbonyl (C=O) groups is 1. The van der Waals surface area contributed by atoms with Crippen LogP contribution in [0, 0.1) is 0 Å². The monoisotopic (exact) mass is 751 g/mol. The van der Waals surface area contributed by atoms with Gasteiger partial charge in [0.25, 0.3) is 0 Å². The number of thiazole rings is 2. The van der Waals surface area contributed by atoms with E-state index in [9.17, 15) is 4.79 Å². The van der Waals surface area contributed by atoms with Gasteiger partial charge < -0.3 is 28.9 Å². The van der Waals surface area contributed by atoms with Gasteiger partial charge in [-0.15, -0.1) is 0 Å². The maximum atomic E-state index is 12.6. The Morgan fingerprint density at radius 3 is 1.83 bits per heavy atom. The quantitative estimate of drug-likeness (QED) is 0.151. The van der Waals surface area contributed by atoms with Gasteiger partial charge in [0.15, 0.2) is 10.3 Å². The zero-order chi connectivity index (χ0) is 36.6. The van der Waals surface area contributed by atoms with Crippen LogP contribution in [0.5, 0.6) is 11.5 Å². The SMILES string of the molecule is CC(C)(C)OC(=O)N1CCN(c2nc3ccccc3s2)C(COc2cccnc2)C1.c1cncc(OCC2CCCCN2c2nc3ccccc3s2)c1. The molecule has 2 atom stereocenters. The lowest BCUT2D eigenvalue weighted by molar-refractivity contribution is 0.0201. The van der Waals surface area contributed by atoms with E-state index in [0.717, 1.165) is 44.7 Å². The highest BCUT2D eigenvalue weighted by atomic mass is 32.1. The van der Waals surface area contributed by atoms with Gasteiger partial charge in [0.1, 0.15) is 30.3 Å². The third-order valence-corrected chi connectivity index (χ3v) is 11.1. The van der Waals surface area contributed by atoms with Crippen molar-refractivity contribution in [1.82, 2.24) is 24.8 Å². The van der Waals surface area contributed by atoms with Crippen molar-refractivity contribution in [3.05, 3.63) is 97.6 Å². The third kappa shape index (κ3) is 9.51. The van der Waals surface area contributed by atoms with Crippen LogP contribution in [0.3, 0.4) is 0 Å². The summed E-state index contributed by atoms with van der Waals surface area (Å²) in [5.74, 6) is 1.54. The number of benzene rings is 2. The van der Waals surface area contributed by atoms with E-state index in [1.165, 1.54) is 17.5 Å². The van der Waals surface area contributed by atoms with Gasteiger partial charge in [-0.25, -0.2) is 14.8 Å². The molecule has 13 heteroatoms. The zero-order valence-electron chi connectivity index (χ0n) is 30.3. The van der Waals surface area contributed by atoms with Gasteiger partial charge >= 0.3 is 6.09 Å². The summed E-state index contributed by atoms with van der Waals surface area (Å²) < 4.78 is 19.9. The number of amides is 1. The summed E-state index contributed by atoms with van der Waals surface area (Å²) in [4.78, 5) is 36.9. The van der Waals surface area contributed by atoms with Gasteiger partial charge in [0.2, 0.25) is 0 Å². The molecule has 8 rings (SSSR count). The van der Waals surface area contributed by atoms with Crippen LogP contribution in [0.4, 0.5) is 15.1 Å². The van der Waals surface area contributed by atoms with Crippen LogP contribution in [0.15, 0.2) is 97.6 Å². The van der Waals surface area contributed by atoms with Crippen LogP contribution in [-0.4, -0.2) is 88.0 Å². The van der Waals surface area contributed by atoms with E-state index in [1.807, 2.05) is 69.3 Å². The number of anilines is 2. The summed E-state index contributed by atoms with van der Waals surface area (Å²) in [6.07, 6.45) is 10.3. The van der Waals surface area contributed by atoms with E-state index < -0.39 is 5.60 Å². The predicted octanol–water partition coefficient (Wildman–Crippen LogP) is 8.33. The lowest BCUT2D eigenvalue weighted by Crippen LogP contribution is -2.57. The Hall–Kier alpha value is -5.01. The highest BCUT2D eigenvalue weighted by molar-refractivity contribution is 7.22. The van der Waals surface area contributed by atoms with Gasteiger partial charge in [0.05, 0.1) is 44.9 Å². The number of ether oxygens (including phenoxy) is 3. The molecule has 0 saturated carbocycles. The smallest absolute Gasteiger partial charge is 0.410 e. The third-order valence-electron chi connectivity index (χ3n) is 8.97. The number of hydrogen-bond acceptors (Lipinski definition) is 12. The molecule has 0 N–H and O–H groups in total. The highest BCUT2D eigenvalue weighted by Gasteiger charge is 2.34. The Balaban J connectivity index is 0.000000170. The maximum Gasteiger partial charge on any atom is 0.410 e. The molecule has 2 unspecified atom stereocenters. The largest absolute Gasteiger partial charge is 0.490 e. The number of piperidine rings is 1. The van der Waals surface area contributed by atoms with E-state index in [0.29, 0.717) is 44.6 Å². The van der Waals surface area contributed by atoms with Gasteiger partial charge in [-0.1, -0.05) is 46.9 Å². The number of aromatic nitrogens is 4. The molecule has 1 amide bonds. The number of rotatable bonds is 8. The number of carbonyl (C=O) groups excluding carboxylic acids is 1. The second-order valence-electron chi connectivity index (χ2n) is 14.0. The van der Waals surface area contributed by atoms with Crippen molar-refractivity contribution in [3.8, 4) is 11.5 Å².